The Labute approximate surface area is 285 Å². The van der Waals surface area contributed by atoms with Crippen molar-refractivity contribution in [2.45, 2.75) is 84.7 Å². The molecule has 46 heavy (non-hydrogen) atoms. The minimum absolute atomic E-state index is 0.00875. The fourth-order valence-electron chi connectivity index (χ4n) is 4.82. The molecule has 0 spiro atoms. The summed E-state index contributed by atoms with van der Waals surface area (Å²) >= 11 is 18.5. The number of nitrogens with one attached hydrogen (secondary N) is 2. The molecular formula is C35H39Cl3N4O4. The van der Waals surface area contributed by atoms with E-state index in [1.54, 1.807) is 25.1 Å². The average Bonchev–Trinajstić information content (AvgIpc) is 3.35. The number of halogens is 3. The number of benzene rings is 3. The molecule has 0 saturated heterocycles. The van der Waals surface area contributed by atoms with E-state index in [9.17, 15) is 14.4 Å². The van der Waals surface area contributed by atoms with Crippen LogP contribution >= 0.6 is 34.8 Å². The third-order valence-corrected chi connectivity index (χ3v) is 9.34. The van der Waals surface area contributed by atoms with E-state index in [1.165, 1.54) is 23.8 Å². The van der Waals surface area contributed by atoms with Crippen LogP contribution in [0, 0.1) is 0 Å². The lowest BCUT2D eigenvalue weighted by atomic mass is 9.76. The van der Waals surface area contributed by atoms with Gasteiger partial charge in [-0.2, -0.15) is 10.1 Å². The monoisotopic (exact) mass is 684 g/mol. The van der Waals surface area contributed by atoms with Crippen molar-refractivity contribution in [3.8, 4) is 5.75 Å². The molecule has 1 unspecified atom stereocenters. The van der Waals surface area contributed by atoms with E-state index in [1.807, 2.05) is 6.07 Å². The number of hydrogen-bond acceptors (Lipinski definition) is 5. The number of ether oxygens (including phenoxy) is 1. The van der Waals surface area contributed by atoms with Crippen LogP contribution < -0.4 is 20.4 Å². The molecule has 0 bridgehead atoms. The molecule has 3 amide bonds. The summed E-state index contributed by atoms with van der Waals surface area (Å²) in [7, 11) is 0. The second-order valence-electron chi connectivity index (χ2n) is 12.6. The molecule has 244 valence electrons. The Balaban J connectivity index is 1.46. The number of amides is 3. The van der Waals surface area contributed by atoms with Crippen molar-refractivity contribution in [1.29, 1.82) is 0 Å². The van der Waals surface area contributed by atoms with Gasteiger partial charge in [-0.05, 0) is 72.6 Å². The van der Waals surface area contributed by atoms with E-state index in [4.69, 9.17) is 39.5 Å². The number of nitrogens with zero attached hydrogens (tertiary/aromatic N) is 2. The largest absolute Gasteiger partial charge is 0.481 e. The van der Waals surface area contributed by atoms with Gasteiger partial charge in [-0.1, -0.05) is 94.5 Å². The summed E-state index contributed by atoms with van der Waals surface area (Å²) in [5.74, 6) is -0.517. The zero-order valence-corrected chi connectivity index (χ0v) is 29.3. The summed E-state index contributed by atoms with van der Waals surface area (Å²) in [6.45, 7) is 14.8. The molecule has 0 saturated carbocycles. The predicted octanol–water partition coefficient (Wildman–Crippen LogP) is 8.91. The van der Waals surface area contributed by atoms with Crippen LogP contribution in [0.5, 0.6) is 5.75 Å². The lowest BCUT2D eigenvalue weighted by molar-refractivity contribution is -0.122. The SMILES string of the molecule is CCC(C)(C)c1ccc(OC(C)C(=O)Nc2cccc(C(=O)NC3=NN(c4c(Cl)cc(Cl)cc4Cl)C(=O)C3)c2)c(C(C)(C)CC)c1. The van der Waals surface area contributed by atoms with Gasteiger partial charge >= 0.3 is 0 Å². The van der Waals surface area contributed by atoms with Crippen molar-refractivity contribution in [2.24, 2.45) is 5.10 Å². The van der Waals surface area contributed by atoms with Gasteiger partial charge < -0.3 is 15.4 Å². The van der Waals surface area contributed by atoms with Crippen molar-refractivity contribution in [3.05, 3.63) is 86.4 Å². The number of anilines is 2. The number of hydrogen-bond donors (Lipinski definition) is 2. The van der Waals surface area contributed by atoms with Gasteiger partial charge in [-0.3, -0.25) is 14.4 Å². The average molecular weight is 686 g/mol. The first-order valence-electron chi connectivity index (χ1n) is 15.1. The molecule has 0 fully saturated rings. The van der Waals surface area contributed by atoms with Crippen LogP contribution in [0.1, 0.15) is 89.2 Å². The Morgan fingerprint density at radius 1 is 0.935 bits per heavy atom. The van der Waals surface area contributed by atoms with Crippen LogP contribution in [0.4, 0.5) is 11.4 Å². The van der Waals surface area contributed by atoms with E-state index in [-0.39, 0.29) is 50.3 Å². The van der Waals surface area contributed by atoms with Crippen molar-refractivity contribution in [3.63, 3.8) is 0 Å². The Kier molecular flexibility index (Phi) is 10.8. The fraction of sp³-hybridized carbons (Fsp3) is 0.371. The summed E-state index contributed by atoms with van der Waals surface area (Å²) in [6.07, 6.45) is 0.911. The second kappa shape index (κ2) is 14.0. The van der Waals surface area contributed by atoms with Crippen molar-refractivity contribution >= 4 is 69.7 Å². The maximum absolute atomic E-state index is 13.2. The molecule has 3 aromatic carbocycles. The highest BCUT2D eigenvalue weighted by atomic mass is 35.5. The maximum atomic E-state index is 13.2. The normalized spacial score (nSPS) is 14.2. The minimum atomic E-state index is -0.815. The summed E-state index contributed by atoms with van der Waals surface area (Å²) in [4.78, 5) is 39.0. The minimum Gasteiger partial charge on any atom is -0.481 e. The van der Waals surface area contributed by atoms with Gasteiger partial charge in [0.15, 0.2) is 6.10 Å². The van der Waals surface area contributed by atoms with Crippen LogP contribution in [0.2, 0.25) is 15.1 Å². The third-order valence-electron chi connectivity index (χ3n) is 8.55. The summed E-state index contributed by atoms with van der Waals surface area (Å²) in [5.41, 5.74) is 2.97. The number of carbonyl (C=O) groups excluding carboxylic acids is 3. The van der Waals surface area contributed by atoms with E-state index in [0.29, 0.717) is 16.5 Å². The maximum Gasteiger partial charge on any atom is 0.265 e. The molecule has 8 nitrogen and oxygen atoms in total. The van der Waals surface area contributed by atoms with Gasteiger partial charge in [0.05, 0.1) is 16.5 Å². The summed E-state index contributed by atoms with van der Waals surface area (Å²) in [6, 6.07) is 15.6. The molecule has 0 aromatic heterocycles. The number of rotatable bonds is 10. The molecule has 11 heteroatoms. The predicted molar refractivity (Wildman–Crippen MR) is 187 cm³/mol. The molecule has 0 radical (unpaired) electrons. The van der Waals surface area contributed by atoms with Crippen LogP contribution in [-0.4, -0.2) is 29.7 Å². The highest BCUT2D eigenvalue weighted by molar-refractivity contribution is 6.42. The van der Waals surface area contributed by atoms with Gasteiger partial charge in [0, 0.05) is 21.8 Å². The van der Waals surface area contributed by atoms with Crippen LogP contribution in [0.25, 0.3) is 0 Å². The lowest BCUT2D eigenvalue weighted by Crippen LogP contribution is -2.32. The highest BCUT2D eigenvalue weighted by Gasteiger charge is 2.31. The standard InChI is InChI=1S/C35H39Cl3N4O4/c1-8-34(4,5)22-13-14-28(25(16-22)35(6,7)9-2)46-20(3)32(44)39-24-12-10-11-21(15-24)33(45)40-29-19-30(43)42(41-29)31-26(37)17-23(36)18-27(31)38/h10-18,20H,8-9,19H2,1-7H3,(H,39,44)(H,40,41,45). The molecule has 0 aliphatic carbocycles. The molecule has 3 aromatic rings. The highest BCUT2D eigenvalue weighted by Crippen LogP contribution is 2.40. The lowest BCUT2D eigenvalue weighted by Gasteiger charge is -2.31. The first-order chi connectivity index (χ1) is 21.6. The fourth-order valence-corrected chi connectivity index (χ4v) is 5.79. The number of amidine groups is 1. The van der Waals surface area contributed by atoms with Gasteiger partial charge in [-0.15, -0.1) is 0 Å². The zero-order chi connectivity index (χ0) is 34.0. The van der Waals surface area contributed by atoms with Crippen LogP contribution in [0.3, 0.4) is 0 Å². The summed E-state index contributed by atoms with van der Waals surface area (Å²) in [5, 5.41) is 11.4. The molecule has 1 atom stereocenters. The van der Waals surface area contributed by atoms with Gasteiger partial charge in [0.2, 0.25) is 0 Å². The smallest absolute Gasteiger partial charge is 0.265 e. The number of hydrazone groups is 1. The second-order valence-corrected chi connectivity index (χ2v) is 13.9. The Morgan fingerprint density at radius 2 is 1.59 bits per heavy atom. The van der Waals surface area contributed by atoms with Crippen LogP contribution in [0.15, 0.2) is 59.7 Å². The van der Waals surface area contributed by atoms with E-state index < -0.39 is 17.9 Å². The van der Waals surface area contributed by atoms with Crippen molar-refractivity contribution in [2.75, 3.05) is 10.3 Å². The molecular weight excluding hydrogens is 647 g/mol. The van der Waals surface area contributed by atoms with Crippen molar-refractivity contribution < 1.29 is 19.1 Å². The van der Waals surface area contributed by atoms with Crippen molar-refractivity contribution in [1.82, 2.24) is 5.32 Å². The van der Waals surface area contributed by atoms with E-state index in [2.05, 4.69) is 69.4 Å². The molecule has 2 N–H and O–H groups in total. The molecule has 1 heterocycles. The Morgan fingerprint density at radius 3 is 2.22 bits per heavy atom. The zero-order valence-electron chi connectivity index (χ0n) is 27.1. The Hall–Kier alpha value is -3.59. The topological polar surface area (TPSA) is 100 Å². The van der Waals surface area contributed by atoms with Crippen LogP contribution in [-0.2, 0) is 20.4 Å². The quantitative estimate of drug-likeness (QED) is 0.223. The first-order valence-corrected chi connectivity index (χ1v) is 16.3. The van der Waals surface area contributed by atoms with Gasteiger partial charge in [-0.25, -0.2) is 0 Å². The molecule has 1 aliphatic rings. The van der Waals surface area contributed by atoms with E-state index in [0.717, 1.165) is 23.4 Å². The van der Waals surface area contributed by atoms with Gasteiger partial charge in [0.1, 0.15) is 17.3 Å². The molecule has 4 rings (SSSR count). The van der Waals surface area contributed by atoms with Gasteiger partial charge in [0.25, 0.3) is 17.7 Å². The summed E-state index contributed by atoms with van der Waals surface area (Å²) < 4.78 is 6.25. The number of carbonyl (C=O) groups is 3. The molecule has 1 aliphatic heterocycles. The third kappa shape index (κ3) is 7.85. The van der Waals surface area contributed by atoms with E-state index >= 15 is 0 Å². The first kappa shape index (κ1) is 35.3. The Bertz CT molecular complexity index is 1680.